The first-order chi connectivity index (χ1) is 17.1. The van der Waals surface area contributed by atoms with Gasteiger partial charge in [0.15, 0.2) is 11.5 Å². The van der Waals surface area contributed by atoms with Crippen molar-refractivity contribution < 1.29 is 19.3 Å². The molecule has 35 heavy (non-hydrogen) atoms. The topological polar surface area (TPSA) is 69.0 Å². The third-order valence-corrected chi connectivity index (χ3v) is 6.23. The molecule has 1 heterocycles. The zero-order chi connectivity index (χ0) is 24.6. The molecular weight excluding hydrogens is 442 g/mol. The normalized spacial score (nSPS) is 14.3. The number of aliphatic hydroxyl groups is 1. The zero-order valence-corrected chi connectivity index (χ0v) is 21.0. The van der Waals surface area contributed by atoms with Crippen LogP contribution in [0.15, 0.2) is 54.6 Å². The average molecular weight is 480 g/mol. The minimum absolute atomic E-state index is 0.354. The van der Waals surface area contributed by atoms with Crippen molar-refractivity contribution in [2.75, 3.05) is 26.9 Å². The minimum atomic E-state index is -0.539. The van der Waals surface area contributed by atoms with Gasteiger partial charge in [0.2, 0.25) is 5.88 Å². The second-order valence-corrected chi connectivity index (χ2v) is 9.12. The minimum Gasteiger partial charge on any atom is -0.493 e. The molecule has 188 valence electrons. The quantitative estimate of drug-likeness (QED) is 0.327. The van der Waals surface area contributed by atoms with Crippen LogP contribution in [0.25, 0.3) is 11.3 Å². The van der Waals surface area contributed by atoms with Gasteiger partial charge in [0.05, 0.1) is 25.4 Å². The van der Waals surface area contributed by atoms with E-state index in [1.165, 1.54) is 0 Å². The van der Waals surface area contributed by atoms with E-state index in [2.05, 4.69) is 24.0 Å². The van der Waals surface area contributed by atoms with Gasteiger partial charge in [-0.15, -0.1) is 0 Å². The highest BCUT2D eigenvalue weighted by atomic mass is 16.5. The first kappa shape index (κ1) is 25.2. The fourth-order valence-electron chi connectivity index (χ4n) is 4.23. The molecule has 1 aliphatic rings. The van der Waals surface area contributed by atoms with Crippen LogP contribution in [-0.4, -0.2) is 58.8 Å². The van der Waals surface area contributed by atoms with E-state index in [0.29, 0.717) is 49.7 Å². The van der Waals surface area contributed by atoms with Crippen LogP contribution in [0.5, 0.6) is 17.4 Å². The highest BCUT2D eigenvalue weighted by Gasteiger charge is 2.33. The molecular formula is C28H37N3O4. The van der Waals surface area contributed by atoms with Gasteiger partial charge in [0.1, 0.15) is 5.69 Å². The summed E-state index contributed by atoms with van der Waals surface area (Å²) in [4.78, 5) is 2.34. The number of aromatic nitrogens is 2. The smallest absolute Gasteiger partial charge is 0.222 e. The molecule has 0 amide bonds. The van der Waals surface area contributed by atoms with Crippen LogP contribution >= 0.6 is 0 Å². The number of aliphatic hydroxyl groups excluding tert-OH is 1. The number of benzene rings is 2. The van der Waals surface area contributed by atoms with Crippen molar-refractivity contribution in [3.63, 3.8) is 0 Å². The second kappa shape index (κ2) is 12.2. The van der Waals surface area contributed by atoms with Crippen molar-refractivity contribution in [2.45, 2.75) is 51.3 Å². The van der Waals surface area contributed by atoms with Crippen LogP contribution in [0.3, 0.4) is 0 Å². The van der Waals surface area contributed by atoms with Gasteiger partial charge in [-0.2, -0.15) is 5.10 Å². The van der Waals surface area contributed by atoms with Crippen molar-refractivity contribution in [3.05, 3.63) is 60.2 Å². The zero-order valence-electron chi connectivity index (χ0n) is 21.0. The highest BCUT2D eigenvalue weighted by Crippen LogP contribution is 2.39. The van der Waals surface area contributed by atoms with Gasteiger partial charge in [-0.1, -0.05) is 55.8 Å². The second-order valence-electron chi connectivity index (χ2n) is 9.12. The van der Waals surface area contributed by atoms with Gasteiger partial charge in [-0.3, -0.25) is 4.90 Å². The lowest BCUT2D eigenvalue weighted by molar-refractivity contribution is 0.0127. The Hall–Kier alpha value is -2.87. The summed E-state index contributed by atoms with van der Waals surface area (Å²) in [5.74, 6) is 1.98. The van der Waals surface area contributed by atoms with Crippen LogP contribution in [0.1, 0.15) is 38.2 Å². The van der Waals surface area contributed by atoms with E-state index in [-0.39, 0.29) is 0 Å². The summed E-state index contributed by atoms with van der Waals surface area (Å²) in [5.41, 5.74) is 2.92. The van der Waals surface area contributed by atoms with E-state index in [1.54, 1.807) is 11.8 Å². The average Bonchev–Trinajstić information content (AvgIpc) is 3.68. The summed E-state index contributed by atoms with van der Waals surface area (Å²) in [6, 6.07) is 18.2. The molecule has 3 aromatic rings. The van der Waals surface area contributed by atoms with Crippen molar-refractivity contribution in [1.82, 2.24) is 14.7 Å². The number of hydrogen-bond acceptors (Lipinski definition) is 6. The van der Waals surface area contributed by atoms with Crippen LogP contribution in [0.2, 0.25) is 0 Å². The molecule has 0 saturated heterocycles. The Morgan fingerprint density at radius 2 is 1.80 bits per heavy atom. The fourth-order valence-corrected chi connectivity index (χ4v) is 4.23. The molecule has 4 rings (SSSR count). The molecule has 1 N–H and O–H groups in total. The number of aryl methyl sites for hydroxylation is 1. The molecule has 1 aliphatic carbocycles. The van der Waals surface area contributed by atoms with Crippen LogP contribution in [-0.2, 0) is 18.3 Å². The molecule has 0 aliphatic heterocycles. The first-order valence-corrected chi connectivity index (χ1v) is 12.5. The van der Waals surface area contributed by atoms with Gasteiger partial charge in [0.25, 0.3) is 0 Å². The molecule has 7 nitrogen and oxygen atoms in total. The van der Waals surface area contributed by atoms with Gasteiger partial charge < -0.3 is 19.3 Å². The maximum absolute atomic E-state index is 10.7. The number of para-hydroxylation sites is 2. The fraction of sp³-hybridized carbons (Fsp3) is 0.464. The number of methoxy groups -OCH3 is 1. The number of nitrogens with zero attached hydrogens (tertiary/aromatic N) is 3. The Kier molecular flexibility index (Phi) is 8.79. The van der Waals surface area contributed by atoms with E-state index < -0.39 is 6.10 Å². The third kappa shape index (κ3) is 6.63. The van der Waals surface area contributed by atoms with Gasteiger partial charge in [0, 0.05) is 38.3 Å². The van der Waals surface area contributed by atoms with Crippen molar-refractivity contribution >= 4 is 0 Å². The molecule has 0 radical (unpaired) electrons. The lowest BCUT2D eigenvalue weighted by atomic mass is 10.1. The SMILES string of the molecule is CCCCOCC(O)CN(Cc1c(-c2ccccc2)nn(C)c1Oc1ccccc1OC)C1CC1. The summed E-state index contributed by atoms with van der Waals surface area (Å²) in [6.45, 7) is 4.35. The predicted molar refractivity (Wildman–Crippen MR) is 137 cm³/mol. The molecule has 1 fully saturated rings. The molecule has 1 aromatic heterocycles. The third-order valence-electron chi connectivity index (χ3n) is 6.23. The van der Waals surface area contributed by atoms with Crippen LogP contribution < -0.4 is 9.47 Å². The van der Waals surface area contributed by atoms with E-state index in [9.17, 15) is 5.11 Å². The molecule has 2 aromatic carbocycles. The number of rotatable bonds is 14. The Bertz CT molecular complexity index is 1070. The Balaban J connectivity index is 1.62. The highest BCUT2D eigenvalue weighted by molar-refractivity contribution is 5.66. The van der Waals surface area contributed by atoms with E-state index in [4.69, 9.17) is 19.3 Å². The molecule has 1 unspecified atom stereocenters. The summed E-state index contributed by atoms with van der Waals surface area (Å²) < 4.78 is 19.4. The predicted octanol–water partition coefficient (Wildman–Crippen LogP) is 5.03. The van der Waals surface area contributed by atoms with Crippen molar-refractivity contribution in [1.29, 1.82) is 0 Å². The van der Waals surface area contributed by atoms with Crippen molar-refractivity contribution in [3.8, 4) is 28.6 Å². The van der Waals surface area contributed by atoms with E-state index in [0.717, 1.165) is 42.5 Å². The Labute approximate surface area is 208 Å². The standard InChI is InChI=1S/C28H37N3O4/c1-4-5-17-34-20-23(32)18-31(22-15-16-22)19-24-27(21-11-7-6-8-12-21)29-30(2)28(24)35-26-14-10-9-13-25(26)33-3/h6-14,22-23,32H,4-5,15-20H2,1-3H3. The Morgan fingerprint density at radius 1 is 1.09 bits per heavy atom. The summed E-state index contributed by atoms with van der Waals surface area (Å²) >= 11 is 0. The monoisotopic (exact) mass is 479 g/mol. The van der Waals surface area contributed by atoms with Gasteiger partial charge >= 0.3 is 0 Å². The number of unbranched alkanes of at least 4 members (excludes halogenated alkanes) is 1. The van der Waals surface area contributed by atoms with Gasteiger partial charge in [-0.05, 0) is 31.4 Å². The molecule has 0 spiro atoms. The Morgan fingerprint density at radius 3 is 2.49 bits per heavy atom. The molecule has 7 heteroatoms. The van der Waals surface area contributed by atoms with Gasteiger partial charge in [-0.25, -0.2) is 4.68 Å². The molecule has 1 saturated carbocycles. The summed E-state index contributed by atoms with van der Waals surface area (Å²) in [7, 11) is 3.54. The number of ether oxygens (including phenoxy) is 3. The lowest BCUT2D eigenvalue weighted by Crippen LogP contribution is -2.36. The maximum atomic E-state index is 10.7. The van der Waals surface area contributed by atoms with Crippen LogP contribution in [0.4, 0.5) is 0 Å². The van der Waals surface area contributed by atoms with Crippen LogP contribution in [0, 0.1) is 0 Å². The maximum Gasteiger partial charge on any atom is 0.222 e. The summed E-state index contributed by atoms with van der Waals surface area (Å²) in [5, 5.41) is 15.6. The van der Waals surface area contributed by atoms with Crippen molar-refractivity contribution in [2.24, 2.45) is 7.05 Å². The van der Waals surface area contributed by atoms with E-state index in [1.807, 2.05) is 49.5 Å². The lowest BCUT2D eigenvalue weighted by Gasteiger charge is -2.25. The molecule has 1 atom stereocenters. The molecule has 0 bridgehead atoms. The number of hydrogen-bond donors (Lipinski definition) is 1. The largest absolute Gasteiger partial charge is 0.493 e. The van der Waals surface area contributed by atoms with E-state index >= 15 is 0 Å². The summed E-state index contributed by atoms with van der Waals surface area (Å²) in [6.07, 6.45) is 3.82. The first-order valence-electron chi connectivity index (χ1n) is 12.5.